The van der Waals surface area contributed by atoms with Crippen LogP contribution < -0.4 is 10.5 Å². The van der Waals surface area contributed by atoms with Crippen LogP contribution in [-0.4, -0.2) is 46.0 Å². The number of aromatic amines is 1. The van der Waals surface area contributed by atoms with E-state index in [9.17, 15) is 4.79 Å². The molecule has 0 unspecified atom stereocenters. The van der Waals surface area contributed by atoms with E-state index in [2.05, 4.69) is 30.1 Å². The number of thiazole rings is 1. The van der Waals surface area contributed by atoms with Crippen LogP contribution in [0.3, 0.4) is 0 Å². The zero-order valence-electron chi connectivity index (χ0n) is 14.2. The topological polar surface area (TPSA) is 65.1 Å². The molecule has 0 atom stereocenters. The monoisotopic (exact) mass is 355 g/mol. The zero-order valence-corrected chi connectivity index (χ0v) is 15.1. The number of benzene rings is 1. The Bertz CT molecular complexity index is 934. The predicted octanol–water partition coefficient (Wildman–Crippen LogP) is 2.40. The molecule has 6 nitrogen and oxygen atoms in total. The molecule has 130 valence electrons. The average Bonchev–Trinajstić information content (AvgIpc) is 2.90. The Balaban J connectivity index is 1.47. The van der Waals surface area contributed by atoms with Gasteiger partial charge in [0.1, 0.15) is 5.82 Å². The van der Waals surface area contributed by atoms with Gasteiger partial charge in [-0.1, -0.05) is 12.1 Å². The van der Waals surface area contributed by atoms with Crippen LogP contribution in [0.5, 0.6) is 0 Å². The lowest BCUT2D eigenvalue weighted by Gasteiger charge is -2.21. The number of anilines is 1. The molecule has 1 aliphatic rings. The Hall–Kier alpha value is -2.25. The molecule has 2 aromatic heterocycles. The maximum absolute atomic E-state index is 12.2. The molecule has 3 aromatic rings. The molecule has 0 amide bonds. The summed E-state index contributed by atoms with van der Waals surface area (Å²) in [5.74, 6) is 0.738. The summed E-state index contributed by atoms with van der Waals surface area (Å²) in [5.41, 5.74) is 1.78. The highest BCUT2D eigenvalue weighted by Crippen LogP contribution is 2.21. The van der Waals surface area contributed by atoms with Gasteiger partial charge >= 0.3 is 0 Å². The molecular formula is C18H21N5OS. The molecule has 1 N–H and O–H groups in total. The van der Waals surface area contributed by atoms with Crippen molar-refractivity contribution in [2.24, 2.45) is 0 Å². The number of para-hydroxylation sites is 1. The minimum Gasteiger partial charge on any atom is -0.347 e. The van der Waals surface area contributed by atoms with E-state index in [4.69, 9.17) is 0 Å². The molecule has 0 saturated carbocycles. The Morgan fingerprint density at radius 1 is 1.16 bits per heavy atom. The van der Waals surface area contributed by atoms with Gasteiger partial charge in [0.25, 0.3) is 5.56 Å². The lowest BCUT2D eigenvalue weighted by atomic mass is 10.2. The van der Waals surface area contributed by atoms with Crippen LogP contribution in [-0.2, 0) is 6.54 Å². The summed E-state index contributed by atoms with van der Waals surface area (Å²) in [7, 11) is 0. The Morgan fingerprint density at radius 2 is 2.04 bits per heavy atom. The third kappa shape index (κ3) is 3.57. The molecule has 0 radical (unpaired) electrons. The van der Waals surface area contributed by atoms with Crippen LogP contribution in [0.4, 0.5) is 5.13 Å². The van der Waals surface area contributed by atoms with E-state index in [1.165, 1.54) is 0 Å². The first-order valence-corrected chi connectivity index (χ1v) is 9.44. The van der Waals surface area contributed by atoms with Crippen LogP contribution in [0, 0.1) is 6.92 Å². The van der Waals surface area contributed by atoms with Gasteiger partial charge in [0.05, 0.1) is 23.1 Å². The van der Waals surface area contributed by atoms with Gasteiger partial charge in [-0.2, -0.15) is 0 Å². The molecule has 0 spiro atoms. The van der Waals surface area contributed by atoms with Gasteiger partial charge in [-0.05, 0) is 25.5 Å². The number of hydrogen-bond donors (Lipinski definition) is 1. The van der Waals surface area contributed by atoms with E-state index in [0.29, 0.717) is 11.9 Å². The number of aryl methyl sites for hydroxylation is 1. The van der Waals surface area contributed by atoms with Gasteiger partial charge in [0.2, 0.25) is 0 Å². The van der Waals surface area contributed by atoms with Crippen molar-refractivity contribution in [3.63, 3.8) is 0 Å². The van der Waals surface area contributed by atoms with Crippen molar-refractivity contribution in [2.45, 2.75) is 19.9 Å². The number of nitrogens with one attached hydrogen (secondary N) is 1. The summed E-state index contributed by atoms with van der Waals surface area (Å²) in [4.78, 5) is 29.1. The van der Waals surface area contributed by atoms with Gasteiger partial charge in [0, 0.05) is 31.6 Å². The largest absolute Gasteiger partial charge is 0.347 e. The van der Waals surface area contributed by atoms with Crippen LogP contribution in [0.25, 0.3) is 10.9 Å². The maximum Gasteiger partial charge on any atom is 0.258 e. The summed E-state index contributed by atoms with van der Waals surface area (Å²) in [5, 5.41) is 3.85. The lowest BCUT2D eigenvalue weighted by Crippen LogP contribution is -2.31. The van der Waals surface area contributed by atoms with Crippen LogP contribution in [0.1, 0.15) is 17.9 Å². The normalized spacial score (nSPS) is 16.3. The van der Waals surface area contributed by atoms with Crippen molar-refractivity contribution >= 4 is 27.4 Å². The Morgan fingerprint density at radius 3 is 2.88 bits per heavy atom. The third-order valence-electron chi connectivity index (χ3n) is 4.50. The Kier molecular flexibility index (Phi) is 4.50. The molecule has 3 heterocycles. The van der Waals surface area contributed by atoms with Crippen LogP contribution in [0.2, 0.25) is 0 Å². The smallest absolute Gasteiger partial charge is 0.258 e. The number of aromatic nitrogens is 3. The second-order valence-electron chi connectivity index (χ2n) is 6.42. The minimum absolute atomic E-state index is 0.0599. The fraction of sp³-hybridized carbons (Fsp3) is 0.389. The highest BCUT2D eigenvalue weighted by molar-refractivity contribution is 7.13. The summed E-state index contributed by atoms with van der Waals surface area (Å²) in [6.45, 7) is 6.61. The highest BCUT2D eigenvalue weighted by Gasteiger charge is 2.18. The van der Waals surface area contributed by atoms with Gasteiger partial charge in [-0.3, -0.25) is 9.69 Å². The van der Waals surface area contributed by atoms with E-state index in [1.807, 2.05) is 31.2 Å². The van der Waals surface area contributed by atoms with Crippen molar-refractivity contribution in [1.29, 1.82) is 0 Å². The van der Waals surface area contributed by atoms with Crippen LogP contribution >= 0.6 is 11.3 Å². The molecular weight excluding hydrogens is 334 g/mol. The molecule has 4 rings (SSSR count). The van der Waals surface area contributed by atoms with Crippen LogP contribution in [0.15, 0.2) is 34.4 Å². The Labute approximate surface area is 150 Å². The number of fused-ring (bicyclic) bond motifs is 1. The molecule has 0 bridgehead atoms. The van der Waals surface area contributed by atoms with E-state index in [-0.39, 0.29) is 5.56 Å². The second kappa shape index (κ2) is 6.93. The van der Waals surface area contributed by atoms with Crippen molar-refractivity contribution in [3.05, 3.63) is 51.5 Å². The van der Waals surface area contributed by atoms with Gasteiger partial charge < -0.3 is 9.88 Å². The quantitative estimate of drug-likeness (QED) is 0.782. The van der Waals surface area contributed by atoms with Gasteiger partial charge in [-0.15, -0.1) is 11.3 Å². The molecule has 1 aromatic carbocycles. The first-order chi connectivity index (χ1) is 12.2. The van der Waals surface area contributed by atoms with Crippen molar-refractivity contribution in [3.8, 4) is 0 Å². The SMILES string of the molecule is Cc1csc(N2CCCN(Cc3nc4ccccc4c(=O)[nH]3)CC2)n1. The van der Waals surface area contributed by atoms with E-state index in [1.54, 1.807) is 11.3 Å². The fourth-order valence-electron chi connectivity index (χ4n) is 3.23. The lowest BCUT2D eigenvalue weighted by molar-refractivity contribution is 0.278. The van der Waals surface area contributed by atoms with Crippen molar-refractivity contribution < 1.29 is 0 Å². The second-order valence-corrected chi connectivity index (χ2v) is 7.25. The number of rotatable bonds is 3. The summed E-state index contributed by atoms with van der Waals surface area (Å²) >= 11 is 1.71. The van der Waals surface area contributed by atoms with Crippen molar-refractivity contribution in [1.82, 2.24) is 19.9 Å². The standard InChI is InChI=1S/C18H21N5OS/c1-13-12-25-18(19-13)23-8-4-7-22(9-10-23)11-16-20-15-6-3-2-5-14(15)17(24)21-16/h2-3,5-6,12H,4,7-11H2,1H3,(H,20,21,24). The molecule has 0 aliphatic carbocycles. The number of nitrogens with zero attached hydrogens (tertiary/aromatic N) is 4. The maximum atomic E-state index is 12.2. The molecule has 25 heavy (non-hydrogen) atoms. The van der Waals surface area contributed by atoms with Gasteiger partial charge in [-0.25, -0.2) is 9.97 Å². The van der Waals surface area contributed by atoms with Gasteiger partial charge in [0.15, 0.2) is 5.13 Å². The first kappa shape index (κ1) is 16.2. The molecule has 7 heteroatoms. The highest BCUT2D eigenvalue weighted by atomic mass is 32.1. The predicted molar refractivity (Wildman–Crippen MR) is 101 cm³/mol. The van der Waals surface area contributed by atoms with E-state index < -0.39 is 0 Å². The van der Waals surface area contributed by atoms with E-state index in [0.717, 1.165) is 54.8 Å². The first-order valence-electron chi connectivity index (χ1n) is 8.56. The minimum atomic E-state index is -0.0599. The van der Waals surface area contributed by atoms with E-state index >= 15 is 0 Å². The molecule has 1 saturated heterocycles. The van der Waals surface area contributed by atoms with Crippen molar-refractivity contribution in [2.75, 3.05) is 31.1 Å². The summed E-state index contributed by atoms with van der Waals surface area (Å²) < 4.78 is 0. The summed E-state index contributed by atoms with van der Waals surface area (Å²) in [6.07, 6.45) is 1.08. The average molecular weight is 355 g/mol. The third-order valence-corrected chi connectivity index (χ3v) is 5.52. The fourth-order valence-corrected chi connectivity index (χ4v) is 4.09. The number of H-pyrrole nitrogens is 1. The summed E-state index contributed by atoms with van der Waals surface area (Å²) in [6, 6.07) is 7.48. The number of hydrogen-bond acceptors (Lipinski definition) is 6. The molecule has 1 aliphatic heterocycles. The molecule has 1 fully saturated rings. The zero-order chi connectivity index (χ0) is 17.2.